The number of rotatable bonds is 13. The van der Waals surface area contributed by atoms with Crippen molar-refractivity contribution in [2.45, 2.75) is 84.8 Å². The Hall–Kier alpha value is -1.76. The van der Waals surface area contributed by atoms with Gasteiger partial charge in [0.2, 0.25) is 0 Å². The second-order valence-corrected chi connectivity index (χ2v) is 6.79. The number of Topliss-reactive ketones (excluding diaryl/α,β-unsaturated/α-hetero) is 3. The summed E-state index contributed by atoms with van der Waals surface area (Å²) >= 11 is 0. The van der Waals surface area contributed by atoms with Crippen LogP contribution < -0.4 is 16.0 Å². The highest BCUT2D eigenvalue weighted by Crippen LogP contribution is 2.04. The molecule has 0 aliphatic rings. The lowest BCUT2D eigenvalue weighted by Crippen LogP contribution is -2.50. The van der Waals surface area contributed by atoms with Crippen molar-refractivity contribution < 1.29 is 19.2 Å². The van der Waals surface area contributed by atoms with Crippen LogP contribution in [0.4, 0.5) is 4.79 Å². The molecule has 0 bridgehead atoms. The van der Waals surface area contributed by atoms with Crippen LogP contribution in [-0.2, 0) is 14.4 Å². The Kier molecular flexibility index (Phi) is 11.7. The average Bonchev–Trinajstić information content (AvgIpc) is 2.48. The fourth-order valence-electron chi connectivity index (χ4n) is 2.32. The molecule has 0 aromatic carbocycles. The standard InChI is InChI=1S/C18H33N3O4/c1-12(2)19-11-7-6-8-16(14(4)23)20-18(25)21-17(15(5)24)10-9-13(3)22/h12,16-17,19H,6-11H2,1-5H3,(H2,20,21,25)/t16-,17-/m0/s1. The molecule has 0 saturated carbocycles. The molecule has 7 nitrogen and oxygen atoms in total. The van der Waals surface area contributed by atoms with Crippen LogP contribution >= 0.6 is 0 Å². The molecular formula is C18H33N3O4. The molecule has 0 fully saturated rings. The Morgan fingerprint density at radius 3 is 1.76 bits per heavy atom. The molecule has 3 N–H and O–H groups in total. The van der Waals surface area contributed by atoms with E-state index in [1.165, 1.54) is 20.8 Å². The summed E-state index contributed by atoms with van der Waals surface area (Å²) in [6.45, 7) is 9.26. The number of unbranched alkanes of at least 4 members (excludes halogenated alkanes) is 1. The number of urea groups is 1. The third kappa shape index (κ3) is 12.3. The van der Waals surface area contributed by atoms with E-state index >= 15 is 0 Å². The summed E-state index contributed by atoms with van der Waals surface area (Å²) < 4.78 is 0. The number of ketones is 3. The molecule has 0 aromatic heterocycles. The van der Waals surface area contributed by atoms with Gasteiger partial charge in [0.1, 0.15) is 5.78 Å². The largest absolute Gasteiger partial charge is 0.328 e. The maximum Gasteiger partial charge on any atom is 0.315 e. The van der Waals surface area contributed by atoms with Crippen molar-refractivity contribution in [1.29, 1.82) is 0 Å². The van der Waals surface area contributed by atoms with E-state index in [1.54, 1.807) is 0 Å². The molecule has 0 radical (unpaired) electrons. The lowest BCUT2D eigenvalue weighted by Gasteiger charge is -2.20. The third-order valence-electron chi connectivity index (χ3n) is 3.85. The highest BCUT2D eigenvalue weighted by Gasteiger charge is 2.21. The maximum absolute atomic E-state index is 12.1. The molecule has 0 aliphatic carbocycles. The van der Waals surface area contributed by atoms with Crippen molar-refractivity contribution in [3.8, 4) is 0 Å². The zero-order chi connectivity index (χ0) is 19.4. The molecule has 0 unspecified atom stereocenters. The molecule has 0 spiro atoms. The van der Waals surface area contributed by atoms with Crippen molar-refractivity contribution in [1.82, 2.24) is 16.0 Å². The predicted molar refractivity (Wildman–Crippen MR) is 97.5 cm³/mol. The number of hydrogen-bond acceptors (Lipinski definition) is 5. The van der Waals surface area contributed by atoms with E-state index in [9.17, 15) is 19.2 Å². The van der Waals surface area contributed by atoms with Gasteiger partial charge in [-0.25, -0.2) is 4.79 Å². The molecular weight excluding hydrogens is 322 g/mol. The summed E-state index contributed by atoms with van der Waals surface area (Å²) in [5, 5.41) is 8.49. The van der Waals surface area contributed by atoms with Gasteiger partial charge in [0, 0.05) is 12.5 Å². The van der Waals surface area contributed by atoms with Crippen LogP contribution in [0.15, 0.2) is 0 Å². The van der Waals surface area contributed by atoms with E-state index in [0.717, 1.165) is 19.4 Å². The SMILES string of the molecule is CC(=O)CC[C@H](NC(=O)N[C@@H](CCCCNC(C)C)C(C)=O)C(C)=O. The smallest absolute Gasteiger partial charge is 0.315 e. The number of amides is 2. The summed E-state index contributed by atoms with van der Waals surface area (Å²) in [5.41, 5.74) is 0. The molecule has 0 aliphatic heterocycles. The average molecular weight is 355 g/mol. The number of carbonyl (C=O) groups excluding carboxylic acids is 4. The van der Waals surface area contributed by atoms with E-state index in [4.69, 9.17) is 0 Å². The summed E-state index contributed by atoms with van der Waals surface area (Å²) in [6, 6.07) is -1.42. The minimum absolute atomic E-state index is 0.0370. The first-order chi connectivity index (χ1) is 11.6. The highest BCUT2D eigenvalue weighted by atomic mass is 16.2. The van der Waals surface area contributed by atoms with Gasteiger partial charge in [0.15, 0.2) is 11.6 Å². The second-order valence-electron chi connectivity index (χ2n) is 6.79. The fraction of sp³-hybridized carbons (Fsp3) is 0.778. The van der Waals surface area contributed by atoms with E-state index in [2.05, 4.69) is 29.8 Å². The molecule has 0 aromatic rings. The number of nitrogens with one attached hydrogen (secondary N) is 3. The van der Waals surface area contributed by atoms with E-state index < -0.39 is 18.1 Å². The molecule has 0 rings (SSSR count). The number of carbonyl (C=O) groups is 4. The quantitative estimate of drug-likeness (QED) is 0.437. The van der Waals surface area contributed by atoms with Crippen molar-refractivity contribution in [3.05, 3.63) is 0 Å². The Balaban J connectivity index is 4.39. The van der Waals surface area contributed by atoms with Gasteiger partial charge in [0.05, 0.1) is 12.1 Å². The topological polar surface area (TPSA) is 104 Å². The number of hydrogen-bond donors (Lipinski definition) is 3. The van der Waals surface area contributed by atoms with Gasteiger partial charge in [-0.05, 0) is 53.0 Å². The first-order valence-electron chi connectivity index (χ1n) is 8.94. The summed E-state index contributed by atoms with van der Waals surface area (Å²) in [4.78, 5) is 46.4. The third-order valence-corrected chi connectivity index (χ3v) is 3.85. The summed E-state index contributed by atoms with van der Waals surface area (Å²) in [6.07, 6.45) is 2.78. The van der Waals surface area contributed by atoms with Crippen LogP contribution in [0.3, 0.4) is 0 Å². The van der Waals surface area contributed by atoms with Crippen LogP contribution in [0.1, 0.15) is 66.7 Å². The van der Waals surface area contributed by atoms with Crippen LogP contribution in [0.5, 0.6) is 0 Å². The van der Waals surface area contributed by atoms with Gasteiger partial charge in [-0.3, -0.25) is 9.59 Å². The molecule has 0 heterocycles. The van der Waals surface area contributed by atoms with Gasteiger partial charge >= 0.3 is 6.03 Å². The zero-order valence-electron chi connectivity index (χ0n) is 16.1. The van der Waals surface area contributed by atoms with Crippen molar-refractivity contribution in [2.24, 2.45) is 0 Å². The van der Waals surface area contributed by atoms with Gasteiger partial charge in [-0.15, -0.1) is 0 Å². The van der Waals surface area contributed by atoms with Crippen molar-refractivity contribution in [3.63, 3.8) is 0 Å². The molecule has 0 saturated heterocycles. The Labute approximate surface area is 150 Å². The van der Waals surface area contributed by atoms with Gasteiger partial charge < -0.3 is 20.7 Å². The monoisotopic (exact) mass is 355 g/mol. The van der Waals surface area contributed by atoms with Gasteiger partial charge in [0.25, 0.3) is 0 Å². The fourth-order valence-corrected chi connectivity index (χ4v) is 2.32. The van der Waals surface area contributed by atoms with Crippen LogP contribution in [-0.4, -0.2) is 48.1 Å². The first-order valence-corrected chi connectivity index (χ1v) is 8.94. The normalized spacial score (nSPS) is 13.2. The molecule has 2 atom stereocenters. The Bertz CT molecular complexity index is 463. The lowest BCUT2D eigenvalue weighted by atomic mass is 10.1. The molecule has 7 heteroatoms. The zero-order valence-corrected chi connectivity index (χ0v) is 16.1. The molecule has 2 amide bonds. The molecule has 25 heavy (non-hydrogen) atoms. The molecule has 144 valence electrons. The van der Waals surface area contributed by atoms with Crippen LogP contribution in [0.2, 0.25) is 0 Å². The van der Waals surface area contributed by atoms with Crippen LogP contribution in [0.25, 0.3) is 0 Å². The van der Waals surface area contributed by atoms with E-state index in [-0.39, 0.29) is 30.2 Å². The summed E-state index contributed by atoms with van der Waals surface area (Å²) in [7, 11) is 0. The lowest BCUT2D eigenvalue weighted by molar-refractivity contribution is -0.120. The minimum Gasteiger partial charge on any atom is -0.328 e. The van der Waals surface area contributed by atoms with E-state index in [1.807, 2.05) is 0 Å². The first kappa shape index (κ1) is 23.2. The van der Waals surface area contributed by atoms with Gasteiger partial charge in [-0.2, -0.15) is 0 Å². The highest BCUT2D eigenvalue weighted by molar-refractivity contribution is 5.90. The van der Waals surface area contributed by atoms with Crippen LogP contribution in [0, 0.1) is 0 Å². The van der Waals surface area contributed by atoms with Crippen molar-refractivity contribution >= 4 is 23.4 Å². The van der Waals surface area contributed by atoms with Gasteiger partial charge in [-0.1, -0.05) is 13.8 Å². The minimum atomic E-state index is -0.716. The maximum atomic E-state index is 12.1. The Morgan fingerprint density at radius 1 is 0.800 bits per heavy atom. The Morgan fingerprint density at radius 2 is 1.32 bits per heavy atom. The van der Waals surface area contributed by atoms with E-state index in [0.29, 0.717) is 12.5 Å². The predicted octanol–water partition coefficient (Wildman–Crippen LogP) is 1.74. The second kappa shape index (κ2) is 12.6. The summed E-state index contributed by atoms with van der Waals surface area (Å²) in [5.74, 6) is -0.365. The van der Waals surface area contributed by atoms with Crippen molar-refractivity contribution in [2.75, 3.05) is 6.54 Å².